The van der Waals surface area contributed by atoms with Gasteiger partial charge in [-0.2, -0.15) is 0 Å². The number of nitrogens with one attached hydrogen (secondary N) is 2. The molecule has 0 saturated carbocycles. The molecule has 28 heavy (non-hydrogen) atoms. The van der Waals surface area contributed by atoms with Crippen LogP contribution < -0.4 is 15.5 Å². The number of carbonyl (C=O) groups excluding carboxylic acids is 2. The van der Waals surface area contributed by atoms with Crippen LogP contribution in [0.3, 0.4) is 0 Å². The van der Waals surface area contributed by atoms with Gasteiger partial charge in [-0.1, -0.05) is 18.2 Å². The number of amides is 2. The fourth-order valence-electron chi connectivity index (χ4n) is 3.19. The molecule has 0 fully saturated rings. The minimum atomic E-state index is -0.316. The Bertz CT molecular complexity index is 1030. The molecule has 2 amide bonds. The quantitative estimate of drug-likeness (QED) is 0.732. The number of benzene rings is 2. The van der Waals surface area contributed by atoms with Crippen LogP contribution in [0.4, 0.5) is 23.0 Å². The van der Waals surface area contributed by atoms with Gasteiger partial charge < -0.3 is 15.5 Å². The zero-order valence-corrected chi connectivity index (χ0v) is 15.3. The highest BCUT2D eigenvalue weighted by Gasteiger charge is 2.22. The fourth-order valence-corrected chi connectivity index (χ4v) is 3.19. The SMILES string of the molecule is CC(=O)Nc1ccc(NC(=O)c2ccnc(N3CCc4ccccc43)n2)cc1. The Kier molecular flexibility index (Phi) is 4.72. The summed E-state index contributed by atoms with van der Waals surface area (Å²) in [6, 6.07) is 16.6. The van der Waals surface area contributed by atoms with Crippen LogP contribution >= 0.6 is 0 Å². The van der Waals surface area contributed by atoms with Gasteiger partial charge in [0.25, 0.3) is 5.91 Å². The van der Waals surface area contributed by atoms with Crippen molar-refractivity contribution in [1.82, 2.24) is 9.97 Å². The summed E-state index contributed by atoms with van der Waals surface area (Å²) in [5, 5.41) is 5.50. The molecule has 7 nitrogen and oxygen atoms in total. The van der Waals surface area contributed by atoms with Gasteiger partial charge in [0.05, 0.1) is 0 Å². The Labute approximate surface area is 162 Å². The van der Waals surface area contributed by atoms with E-state index in [0.29, 0.717) is 23.0 Å². The summed E-state index contributed by atoms with van der Waals surface area (Å²) in [5.74, 6) is 0.0517. The van der Waals surface area contributed by atoms with Gasteiger partial charge in [0.1, 0.15) is 5.69 Å². The summed E-state index contributed by atoms with van der Waals surface area (Å²) < 4.78 is 0. The molecule has 1 aliphatic rings. The first-order valence-electron chi connectivity index (χ1n) is 8.97. The molecular formula is C21H19N5O2. The van der Waals surface area contributed by atoms with Crippen molar-refractivity contribution in [3.05, 3.63) is 72.1 Å². The van der Waals surface area contributed by atoms with Crippen LogP contribution in [-0.4, -0.2) is 28.3 Å². The van der Waals surface area contributed by atoms with E-state index in [1.54, 1.807) is 36.5 Å². The number of rotatable bonds is 4. The minimum absolute atomic E-state index is 0.145. The molecule has 0 saturated heterocycles. The first-order valence-corrected chi connectivity index (χ1v) is 8.97. The molecule has 3 aromatic rings. The Balaban J connectivity index is 1.50. The first-order chi connectivity index (χ1) is 13.6. The number of fused-ring (bicyclic) bond motifs is 1. The largest absolute Gasteiger partial charge is 0.326 e. The van der Waals surface area contributed by atoms with Crippen LogP contribution in [0.25, 0.3) is 0 Å². The first kappa shape index (κ1) is 17.7. The van der Waals surface area contributed by atoms with Gasteiger partial charge in [-0.3, -0.25) is 9.59 Å². The van der Waals surface area contributed by atoms with E-state index in [1.165, 1.54) is 12.5 Å². The lowest BCUT2D eigenvalue weighted by atomic mass is 10.2. The Hall–Kier alpha value is -3.74. The van der Waals surface area contributed by atoms with Gasteiger partial charge in [0, 0.05) is 36.7 Å². The average Bonchev–Trinajstić information content (AvgIpc) is 3.13. The number of aromatic nitrogens is 2. The van der Waals surface area contributed by atoms with Crippen molar-refractivity contribution in [2.75, 3.05) is 22.1 Å². The molecule has 0 aliphatic carbocycles. The Morgan fingerprint density at radius 1 is 0.964 bits per heavy atom. The lowest BCUT2D eigenvalue weighted by Gasteiger charge is -2.17. The van der Waals surface area contributed by atoms with E-state index in [-0.39, 0.29) is 11.8 Å². The maximum absolute atomic E-state index is 12.6. The van der Waals surface area contributed by atoms with Crippen molar-refractivity contribution < 1.29 is 9.59 Å². The molecule has 140 valence electrons. The normalized spacial score (nSPS) is 12.4. The van der Waals surface area contributed by atoms with E-state index >= 15 is 0 Å². The van der Waals surface area contributed by atoms with Gasteiger partial charge in [-0.25, -0.2) is 9.97 Å². The van der Waals surface area contributed by atoms with Gasteiger partial charge >= 0.3 is 0 Å². The molecule has 2 heterocycles. The van der Waals surface area contributed by atoms with Gasteiger partial charge in [0.15, 0.2) is 0 Å². The van der Waals surface area contributed by atoms with Gasteiger partial charge in [0.2, 0.25) is 11.9 Å². The molecule has 0 radical (unpaired) electrons. The highest BCUT2D eigenvalue weighted by molar-refractivity contribution is 6.03. The zero-order chi connectivity index (χ0) is 19.5. The van der Waals surface area contributed by atoms with Crippen molar-refractivity contribution in [1.29, 1.82) is 0 Å². The average molecular weight is 373 g/mol. The second-order valence-electron chi connectivity index (χ2n) is 6.48. The standard InChI is InChI=1S/C21H19N5O2/c1-14(27)23-16-6-8-17(9-7-16)24-20(28)18-10-12-22-21(25-18)26-13-11-15-4-2-3-5-19(15)26/h2-10,12H,11,13H2,1H3,(H,23,27)(H,24,28). The van der Waals surface area contributed by atoms with Crippen LogP contribution in [0, 0.1) is 0 Å². The summed E-state index contributed by atoms with van der Waals surface area (Å²) in [6.45, 7) is 2.23. The van der Waals surface area contributed by atoms with Crippen LogP contribution in [0.15, 0.2) is 60.8 Å². The highest BCUT2D eigenvalue weighted by atomic mass is 16.2. The van der Waals surface area contributed by atoms with Crippen LogP contribution in [-0.2, 0) is 11.2 Å². The number of nitrogens with zero attached hydrogens (tertiary/aromatic N) is 3. The van der Waals surface area contributed by atoms with E-state index < -0.39 is 0 Å². The van der Waals surface area contributed by atoms with Crippen molar-refractivity contribution in [3.63, 3.8) is 0 Å². The molecule has 2 aromatic carbocycles. The number of hydrogen-bond donors (Lipinski definition) is 2. The predicted molar refractivity (Wildman–Crippen MR) is 108 cm³/mol. The summed E-state index contributed by atoms with van der Waals surface area (Å²) in [7, 11) is 0. The molecule has 0 bridgehead atoms. The maximum atomic E-state index is 12.6. The highest BCUT2D eigenvalue weighted by Crippen LogP contribution is 2.32. The van der Waals surface area contributed by atoms with Crippen LogP contribution in [0.2, 0.25) is 0 Å². The van der Waals surface area contributed by atoms with E-state index in [1.807, 2.05) is 23.1 Å². The second-order valence-corrected chi connectivity index (χ2v) is 6.48. The Morgan fingerprint density at radius 2 is 1.68 bits per heavy atom. The Morgan fingerprint density at radius 3 is 2.43 bits per heavy atom. The van der Waals surface area contributed by atoms with Crippen LogP contribution in [0.5, 0.6) is 0 Å². The van der Waals surface area contributed by atoms with Gasteiger partial charge in [-0.05, 0) is 48.4 Å². The summed E-state index contributed by atoms with van der Waals surface area (Å²) >= 11 is 0. The monoisotopic (exact) mass is 373 g/mol. The summed E-state index contributed by atoms with van der Waals surface area (Å²) in [4.78, 5) is 34.5. The molecule has 1 aliphatic heterocycles. The molecule has 4 rings (SSSR count). The molecule has 2 N–H and O–H groups in total. The van der Waals surface area contributed by atoms with E-state index in [4.69, 9.17) is 0 Å². The fraction of sp³-hybridized carbons (Fsp3) is 0.143. The van der Waals surface area contributed by atoms with Crippen molar-refractivity contribution >= 4 is 34.8 Å². The van der Waals surface area contributed by atoms with E-state index in [0.717, 1.165) is 18.7 Å². The molecule has 0 atom stereocenters. The minimum Gasteiger partial charge on any atom is -0.326 e. The third kappa shape index (κ3) is 3.68. The number of anilines is 4. The molecule has 7 heteroatoms. The lowest BCUT2D eigenvalue weighted by molar-refractivity contribution is -0.114. The number of carbonyl (C=O) groups is 2. The topological polar surface area (TPSA) is 87.2 Å². The smallest absolute Gasteiger partial charge is 0.274 e. The lowest BCUT2D eigenvalue weighted by Crippen LogP contribution is -2.20. The third-order valence-electron chi connectivity index (χ3n) is 4.47. The molecule has 0 spiro atoms. The van der Waals surface area contributed by atoms with Crippen LogP contribution in [0.1, 0.15) is 23.0 Å². The molecule has 0 unspecified atom stereocenters. The molecule has 1 aromatic heterocycles. The summed E-state index contributed by atoms with van der Waals surface area (Å²) in [6.07, 6.45) is 2.52. The predicted octanol–water partition coefficient (Wildman–Crippen LogP) is 3.38. The van der Waals surface area contributed by atoms with Crippen molar-refractivity contribution in [3.8, 4) is 0 Å². The number of hydrogen-bond acceptors (Lipinski definition) is 5. The third-order valence-corrected chi connectivity index (χ3v) is 4.47. The molecular weight excluding hydrogens is 354 g/mol. The van der Waals surface area contributed by atoms with E-state index in [9.17, 15) is 9.59 Å². The van der Waals surface area contributed by atoms with Crippen molar-refractivity contribution in [2.45, 2.75) is 13.3 Å². The van der Waals surface area contributed by atoms with Crippen molar-refractivity contribution in [2.24, 2.45) is 0 Å². The summed E-state index contributed by atoms with van der Waals surface area (Å²) in [5.41, 5.74) is 3.91. The van der Waals surface area contributed by atoms with Gasteiger partial charge in [-0.15, -0.1) is 0 Å². The zero-order valence-electron chi connectivity index (χ0n) is 15.3. The number of para-hydroxylation sites is 1. The maximum Gasteiger partial charge on any atom is 0.274 e. The van der Waals surface area contributed by atoms with E-state index in [2.05, 4.69) is 26.7 Å². The second kappa shape index (κ2) is 7.48.